The van der Waals surface area contributed by atoms with Crippen molar-refractivity contribution in [2.24, 2.45) is 5.41 Å². The summed E-state index contributed by atoms with van der Waals surface area (Å²) in [6.07, 6.45) is 3.20. The lowest BCUT2D eigenvalue weighted by atomic mass is 9.82. The zero-order valence-electron chi connectivity index (χ0n) is 21.3. The van der Waals surface area contributed by atoms with E-state index in [4.69, 9.17) is 9.47 Å². The van der Waals surface area contributed by atoms with Gasteiger partial charge in [-0.1, -0.05) is 19.9 Å². The van der Waals surface area contributed by atoms with Crippen LogP contribution in [0.4, 0.5) is 0 Å². The summed E-state index contributed by atoms with van der Waals surface area (Å²) in [5.41, 5.74) is 1.80. The van der Waals surface area contributed by atoms with Crippen molar-refractivity contribution in [1.82, 2.24) is 20.9 Å². The Labute approximate surface area is 207 Å². The van der Waals surface area contributed by atoms with Gasteiger partial charge in [0.2, 0.25) is 17.7 Å². The number of nitrogens with zero attached hydrogens (tertiary/aromatic N) is 1. The summed E-state index contributed by atoms with van der Waals surface area (Å²) in [5.74, 6) is 0.115. The number of fused-ring (bicyclic) bond motifs is 2. The summed E-state index contributed by atoms with van der Waals surface area (Å²) < 4.78 is 11.4. The molecular formula is C26H38N4O5. The van der Waals surface area contributed by atoms with Gasteiger partial charge in [-0.25, -0.2) is 0 Å². The van der Waals surface area contributed by atoms with E-state index in [2.05, 4.69) is 16.0 Å². The third-order valence-electron chi connectivity index (χ3n) is 7.67. The van der Waals surface area contributed by atoms with Crippen molar-refractivity contribution in [3.05, 3.63) is 29.3 Å². The molecule has 1 aliphatic carbocycles. The lowest BCUT2D eigenvalue weighted by Gasteiger charge is -2.35. The highest BCUT2D eigenvalue weighted by atomic mass is 16.5. The molecule has 2 aliphatic heterocycles. The molecule has 35 heavy (non-hydrogen) atoms. The maximum Gasteiger partial charge on any atom is 0.247 e. The van der Waals surface area contributed by atoms with Gasteiger partial charge in [0.1, 0.15) is 24.1 Å². The Balaban J connectivity index is 1.56. The van der Waals surface area contributed by atoms with E-state index in [1.54, 1.807) is 26.0 Å². The van der Waals surface area contributed by atoms with Gasteiger partial charge in [0, 0.05) is 6.42 Å². The number of likely N-dealkylation sites (N-methyl/N-ethyl adjacent to an activating group) is 1. The first kappa shape index (κ1) is 25.4. The Morgan fingerprint density at radius 1 is 1.20 bits per heavy atom. The van der Waals surface area contributed by atoms with Crippen LogP contribution < -0.4 is 20.7 Å². The highest BCUT2D eigenvalue weighted by Gasteiger charge is 2.55. The first-order valence-corrected chi connectivity index (χ1v) is 12.5. The molecule has 9 heteroatoms. The number of amides is 3. The number of hydrogen-bond donors (Lipinski definition) is 3. The number of carbonyl (C=O) groups excluding carboxylic acids is 3. The smallest absolute Gasteiger partial charge is 0.247 e. The number of rotatable bonds is 6. The zero-order chi connectivity index (χ0) is 25.3. The van der Waals surface area contributed by atoms with Crippen LogP contribution in [0, 0.1) is 5.41 Å². The van der Waals surface area contributed by atoms with Gasteiger partial charge < -0.3 is 30.3 Å². The largest absolute Gasteiger partial charge is 0.497 e. The molecule has 4 rings (SSSR count). The number of benzene rings is 1. The Hall–Kier alpha value is -2.65. The fraction of sp³-hybridized carbons (Fsp3) is 0.654. The van der Waals surface area contributed by atoms with E-state index >= 15 is 0 Å². The molecule has 2 saturated heterocycles. The van der Waals surface area contributed by atoms with Crippen LogP contribution in [0.3, 0.4) is 0 Å². The summed E-state index contributed by atoms with van der Waals surface area (Å²) >= 11 is 0. The summed E-state index contributed by atoms with van der Waals surface area (Å²) in [6.45, 7) is 6.08. The molecule has 192 valence electrons. The molecule has 5 atom stereocenters. The highest BCUT2D eigenvalue weighted by molar-refractivity contribution is 5.94. The fourth-order valence-electron chi connectivity index (χ4n) is 5.60. The molecule has 3 N–H and O–H groups in total. The highest BCUT2D eigenvalue weighted by Crippen LogP contribution is 2.43. The molecule has 0 bridgehead atoms. The van der Waals surface area contributed by atoms with Crippen molar-refractivity contribution < 1.29 is 23.9 Å². The quantitative estimate of drug-likeness (QED) is 0.564. The Kier molecular flexibility index (Phi) is 7.38. The van der Waals surface area contributed by atoms with Gasteiger partial charge in [0.25, 0.3) is 0 Å². The summed E-state index contributed by atoms with van der Waals surface area (Å²) in [6, 6.07) is 4.01. The van der Waals surface area contributed by atoms with Gasteiger partial charge in [-0.3, -0.25) is 14.4 Å². The maximum atomic E-state index is 13.8. The van der Waals surface area contributed by atoms with Crippen molar-refractivity contribution in [1.29, 1.82) is 0 Å². The molecule has 1 aromatic carbocycles. The van der Waals surface area contributed by atoms with Crippen LogP contribution in [-0.2, 0) is 25.5 Å². The van der Waals surface area contributed by atoms with Crippen molar-refractivity contribution >= 4 is 17.7 Å². The molecule has 2 fully saturated rings. The van der Waals surface area contributed by atoms with E-state index < -0.39 is 29.8 Å². The van der Waals surface area contributed by atoms with Crippen LogP contribution in [0.2, 0.25) is 0 Å². The van der Waals surface area contributed by atoms with Gasteiger partial charge in [-0.15, -0.1) is 0 Å². The van der Waals surface area contributed by atoms with Crippen molar-refractivity contribution in [3.8, 4) is 5.75 Å². The number of ether oxygens (including phenoxy) is 2. The average molecular weight is 487 g/mol. The third kappa shape index (κ3) is 5.02. The number of aryl methyl sites for hydroxylation is 1. The Bertz CT molecular complexity index is 980. The van der Waals surface area contributed by atoms with E-state index in [9.17, 15) is 14.4 Å². The molecule has 5 unspecified atom stereocenters. The van der Waals surface area contributed by atoms with Crippen LogP contribution in [0.1, 0.15) is 63.6 Å². The monoisotopic (exact) mass is 486 g/mol. The molecule has 3 aliphatic rings. The number of hydrogen-bond acceptors (Lipinski definition) is 6. The van der Waals surface area contributed by atoms with Gasteiger partial charge in [0.05, 0.1) is 25.8 Å². The van der Waals surface area contributed by atoms with Crippen LogP contribution in [0.5, 0.6) is 5.75 Å². The van der Waals surface area contributed by atoms with Gasteiger partial charge in [-0.2, -0.15) is 0 Å². The van der Waals surface area contributed by atoms with Crippen molar-refractivity contribution in [2.45, 2.75) is 83.3 Å². The second-order valence-corrected chi connectivity index (χ2v) is 10.5. The standard InChI is InChI=1S/C26H38N4O5/c1-15(27-4)23(31)29-20-11-12-35-21-14-26(2,3)22(30(21)25(20)33)24(32)28-19-8-6-7-16-13-17(34-5)9-10-18(16)19/h9-10,13,15,19-22,27H,6-8,11-12,14H2,1-5H3,(H,28,32)(H,29,31). The normalized spacial score (nSPS) is 28.4. The molecule has 0 aromatic heterocycles. The minimum Gasteiger partial charge on any atom is -0.497 e. The first-order valence-electron chi connectivity index (χ1n) is 12.5. The van der Waals surface area contributed by atoms with Gasteiger partial charge in [-0.05, 0) is 68.3 Å². The average Bonchev–Trinajstić information content (AvgIpc) is 3.03. The molecule has 0 radical (unpaired) electrons. The van der Waals surface area contributed by atoms with Gasteiger partial charge >= 0.3 is 0 Å². The van der Waals surface area contributed by atoms with Crippen LogP contribution >= 0.6 is 0 Å². The number of nitrogens with one attached hydrogen (secondary N) is 3. The molecule has 0 spiro atoms. The van der Waals surface area contributed by atoms with E-state index in [0.717, 1.165) is 30.6 Å². The predicted molar refractivity (Wildman–Crippen MR) is 131 cm³/mol. The van der Waals surface area contributed by atoms with E-state index in [0.29, 0.717) is 19.4 Å². The fourth-order valence-corrected chi connectivity index (χ4v) is 5.60. The second-order valence-electron chi connectivity index (χ2n) is 10.5. The molecule has 2 heterocycles. The second kappa shape index (κ2) is 10.1. The Morgan fingerprint density at radius 2 is 1.97 bits per heavy atom. The number of carbonyl (C=O) groups is 3. The lowest BCUT2D eigenvalue weighted by Crippen LogP contribution is -2.58. The summed E-state index contributed by atoms with van der Waals surface area (Å²) in [4.78, 5) is 41.5. The molecule has 1 aromatic rings. The minimum absolute atomic E-state index is 0.123. The van der Waals surface area contributed by atoms with E-state index in [1.807, 2.05) is 32.0 Å². The first-order chi connectivity index (χ1) is 16.7. The minimum atomic E-state index is -0.727. The van der Waals surface area contributed by atoms with Crippen molar-refractivity contribution in [2.75, 3.05) is 20.8 Å². The summed E-state index contributed by atoms with van der Waals surface area (Å²) in [5, 5.41) is 8.98. The van der Waals surface area contributed by atoms with Gasteiger partial charge in [0.15, 0.2) is 0 Å². The third-order valence-corrected chi connectivity index (χ3v) is 7.67. The Morgan fingerprint density at radius 3 is 2.69 bits per heavy atom. The predicted octanol–water partition coefficient (Wildman–Crippen LogP) is 1.66. The molecule has 0 saturated carbocycles. The number of methoxy groups -OCH3 is 1. The lowest BCUT2D eigenvalue weighted by molar-refractivity contribution is -0.150. The maximum absolute atomic E-state index is 13.8. The molecule has 3 amide bonds. The van der Waals surface area contributed by atoms with E-state index in [1.165, 1.54) is 5.56 Å². The topological polar surface area (TPSA) is 109 Å². The SMILES string of the molecule is CNC(C)C(=O)NC1CCOC2CC(C)(C)C(C(=O)NC3CCCc4cc(OC)ccc43)N2C1=O. The molecule has 9 nitrogen and oxygen atoms in total. The summed E-state index contributed by atoms with van der Waals surface area (Å²) in [7, 11) is 3.35. The van der Waals surface area contributed by atoms with Crippen LogP contribution in [0.15, 0.2) is 18.2 Å². The van der Waals surface area contributed by atoms with E-state index in [-0.39, 0.29) is 23.8 Å². The van der Waals surface area contributed by atoms with Crippen molar-refractivity contribution in [3.63, 3.8) is 0 Å². The van der Waals surface area contributed by atoms with Crippen LogP contribution in [-0.4, -0.2) is 67.7 Å². The van der Waals surface area contributed by atoms with Crippen LogP contribution in [0.25, 0.3) is 0 Å². The zero-order valence-corrected chi connectivity index (χ0v) is 21.3. The molecular weight excluding hydrogens is 448 g/mol.